The molecule has 0 saturated carbocycles. The summed E-state index contributed by atoms with van der Waals surface area (Å²) in [5, 5.41) is 28.8. The smallest absolute Gasteiger partial charge is 0.353 e. The Morgan fingerprint density at radius 3 is 2.68 bits per heavy atom. The molecule has 1 aliphatic rings. The van der Waals surface area contributed by atoms with E-state index in [2.05, 4.69) is 4.98 Å². The fourth-order valence-corrected chi connectivity index (χ4v) is 2.44. The monoisotopic (exact) mass is 310 g/mol. The minimum absolute atomic E-state index is 0.0444. The van der Waals surface area contributed by atoms with Crippen LogP contribution in [0.4, 0.5) is 0 Å². The van der Waals surface area contributed by atoms with E-state index in [4.69, 9.17) is 14.3 Å². The van der Waals surface area contributed by atoms with Crippen molar-refractivity contribution in [3.8, 4) is 0 Å². The van der Waals surface area contributed by atoms with Crippen LogP contribution in [0, 0.1) is 6.92 Å². The molecule has 2 aromatic rings. The normalized spacial score (nSPS) is 28.4. The molecule has 0 spiro atoms. The quantitative estimate of drug-likeness (QED) is 0.595. The van der Waals surface area contributed by atoms with E-state index in [1.165, 1.54) is 6.07 Å². The Kier molecular flexibility index (Phi) is 3.57. The first kappa shape index (κ1) is 14.9. The number of hydrogen-bond acceptors (Lipinski definition) is 8. The summed E-state index contributed by atoms with van der Waals surface area (Å²) in [7, 11) is 0. The van der Waals surface area contributed by atoms with Gasteiger partial charge in [0.15, 0.2) is 11.7 Å². The number of aromatic nitrogens is 2. The number of rotatable bonds is 2. The predicted octanol–water partition coefficient (Wildman–Crippen LogP) is -1.73. The van der Waals surface area contributed by atoms with Crippen LogP contribution in [0.5, 0.6) is 0 Å². The topological polar surface area (TPSA) is 135 Å². The molecule has 1 fully saturated rings. The van der Waals surface area contributed by atoms with Crippen LogP contribution in [-0.2, 0) is 4.74 Å². The average molecular weight is 310 g/mol. The lowest BCUT2D eigenvalue weighted by Crippen LogP contribution is -2.36. The summed E-state index contributed by atoms with van der Waals surface area (Å²) in [6, 6.07) is 1.25. The summed E-state index contributed by atoms with van der Waals surface area (Å²) in [6.45, 7) is 1.03. The highest BCUT2D eigenvalue weighted by Gasteiger charge is 2.43. The van der Waals surface area contributed by atoms with Crippen LogP contribution >= 0.6 is 0 Å². The number of aliphatic hydroxyl groups excluding tert-OH is 3. The zero-order valence-corrected chi connectivity index (χ0v) is 11.5. The van der Waals surface area contributed by atoms with Gasteiger partial charge >= 0.3 is 5.69 Å². The van der Waals surface area contributed by atoms with Gasteiger partial charge in [0.25, 0.3) is 0 Å². The van der Waals surface area contributed by atoms with Crippen LogP contribution < -0.4 is 11.1 Å². The molecular weight excluding hydrogens is 296 g/mol. The van der Waals surface area contributed by atoms with Gasteiger partial charge in [-0.15, -0.1) is 0 Å². The first-order chi connectivity index (χ1) is 10.4. The molecule has 9 nitrogen and oxygen atoms in total. The Morgan fingerprint density at radius 2 is 2.05 bits per heavy atom. The molecule has 2 aromatic heterocycles. The number of fused-ring (bicyclic) bond motifs is 1. The Morgan fingerprint density at radius 1 is 1.32 bits per heavy atom. The van der Waals surface area contributed by atoms with Crippen molar-refractivity contribution in [1.82, 2.24) is 9.55 Å². The molecule has 3 rings (SSSR count). The standard InChI is InChI=1S/C13H14N2O7/c1-5-2-7(17)6-3-15(13(20)14-11(6)21-5)12-10(19)9(18)8(4-16)22-12/h2-3,8-10,12,16,18-19H,4H2,1H3/t8-,9-,10-,12-/m1/s1. The molecule has 3 heterocycles. The predicted molar refractivity (Wildman–Crippen MR) is 72.3 cm³/mol. The molecule has 0 unspecified atom stereocenters. The van der Waals surface area contributed by atoms with Gasteiger partial charge in [-0.05, 0) is 6.92 Å². The van der Waals surface area contributed by atoms with Crippen molar-refractivity contribution in [3.05, 3.63) is 38.7 Å². The summed E-state index contributed by atoms with van der Waals surface area (Å²) in [5.41, 5.74) is -1.32. The highest BCUT2D eigenvalue weighted by molar-refractivity contribution is 5.70. The van der Waals surface area contributed by atoms with Gasteiger partial charge in [-0.1, -0.05) is 0 Å². The Hall–Kier alpha value is -2.07. The Balaban J connectivity index is 2.14. The van der Waals surface area contributed by atoms with Gasteiger partial charge in [0.2, 0.25) is 5.71 Å². The summed E-state index contributed by atoms with van der Waals surface area (Å²) >= 11 is 0. The second kappa shape index (κ2) is 5.29. The van der Waals surface area contributed by atoms with Crippen LogP contribution in [0.3, 0.4) is 0 Å². The summed E-state index contributed by atoms with van der Waals surface area (Å²) in [4.78, 5) is 27.6. The zero-order chi connectivity index (χ0) is 16.0. The van der Waals surface area contributed by atoms with E-state index in [0.29, 0.717) is 5.76 Å². The maximum absolute atomic E-state index is 12.0. The van der Waals surface area contributed by atoms with Gasteiger partial charge in [0, 0.05) is 12.3 Å². The molecule has 22 heavy (non-hydrogen) atoms. The highest BCUT2D eigenvalue weighted by atomic mass is 16.6. The van der Waals surface area contributed by atoms with Gasteiger partial charge in [-0.25, -0.2) is 4.79 Å². The van der Waals surface area contributed by atoms with Crippen molar-refractivity contribution in [2.45, 2.75) is 31.5 Å². The third-order valence-corrected chi connectivity index (χ3v) is 3.57. The largest absolute Gasteiger partial charge is 0.443 e. The van der Waals surface area contributed by atoms with E-state index in [1.807, 2.05) is 0 Å². The van der Waals surface area contributed by atoms with Gasteiger partial charge in [-0.2, -0.15) is 4.98 Å². The van der Waals surface area contributed by atoms with Crippen molar-refractivity contribution >= 4 is 11.1 Å². The van der Waals surface area contributed by atoms with E-state index < -0.39 is 42.3 Å². The van der Waals surface area contributed by atoms with E-state index in [9.17, 15) is 19.8 Å². The summed E-state index contributed by atoms with van der Waals surface area (Å²) in [6.07, 6.45) is -3.91. The number of ether oxygens (including phenoxy) is 1. The Labute approximate surface area is 123 Å². The van der Waals surface area contributed by atoms with Crippen LogP contribution in [0.1, 0.15) is 12.0 Å². The molecule has 0 amide bonds. The van der Waals surface area contributed by atoms with Crippen LogP contribution in [0.2, 0.25) is 0 Å². The molecule has 3 N–H and O–H groups in total. The molecule has 0 bridgehead atoms. The number of hydrogen-bond donors (Lipinski definition) is 3. The SMILES string of the molecule is Cc1cc(=O)c2cn([C@@H]3O[C@H](CO)[C@@H](O)[C@H]3O)c(=O)nc2o1. The fraction of sp³-hybridized carbons (Fsp3) is 0.462. The van der Waals surface area contributed by atoms with Crippen molar-refractivity contribution < 1.29 is 24.5 Å². The van der Waals surface area contributed by atoms with Gasteiger partial charge in [0.05, 0.1) is 6.61 Å². The second-order valence-corrected chi connectivity index (χ2v) is 5.10. The number of aryl methyl sites for hydroxylation is 1. The van der Waals surface area contributed by atoms with Gasteiger partial charge < -0.3 is 24.5 Å². The molecule has 4 atom stereocenters. The first-order valence-corrected chi connectivity index (χ1v) is 6.58. The fourth-order valence-electron chi connectivity index (χ4n) is 2.44. The molecule has 0 aliphatic carbocycles. The molecule has 1 aliphatic heterocycles. The van der Waals surface area contributed by atoms with E-state index in [-0.39, 0.29) is 11.1 Å². The minimum Gasteiger partial charge on any atom is -0.443 e. The van der Waals surface area contributed by atoms with E-state index >= 15 is 0 Å². The molecule has 1 saturated heterocycles. The van der Waals surface area contributed by atoms with Crippen LogP contribution in [0.25, 0.3) is 11.1 Å². The van der Waals surface area contributed by atoms with Crippen LogP contribution in [0.15, 0.2) is 26.3 Å². The van der Waals surface area contributed by atoms with E-state index in [0.717, 1.165) is 10.8 Å². The van der Waals surface area contributed by atoms with Crippen molar-refractivity contribution in [2.75, 3.05) is 6.61 Å². The number of aliphatic hydroxyl groups is 3. The lowest BCUT2D eigenvalue weighted by atomic mass is 10.1. The van der Waals surface area contributed by atoms with Gasteiger partial charge in [-0.3, -0.25) is 9.36 Å². The van der Waals surface area contributed by atoms with Crippen LogP contribution in [-0.4, -0.2) is 49.8 Å². The second-order valence-electron chi connectivity index (χ2n) is 5.10. The zero-order valence-electron chi connectivity index (χ0n) is 11.5. The maximum Gasteiger partial charge on any atom is 0.353 e. The third kappa shape index (κ3) is 2.24. The molecule has 0 radical (unpaired) electrons. The van der Waals surface area contributed by atoms with Crippen molar-refractivity contribution in [3.63, 3.8) is 0 Å². The lowest BCUT2D eigenvalue weighted by molar-refractivity contribution is -0.0547. The molecule has 118 valence electrons. The summed E-state index contributed by atoms with van der Waals surface area (Å²) in [5.74, 6) is 0.315. The average Bonchev–Trinajstić information content (AvgIpc) is 2.74. The first-order valence-electron chi connectivity index (χ1n) is 6.58. The van der Waals surface area contributed by atoms with Crippen molar-refractivity contribution in [1.29, 1.82) is 0 Å². The van der Waals surface area contributed by atoms with Crippen molar-refractivity contribution in [2.24, 2.45) is 0 Å². The Bertz CT molecular complexity index is 827. The summed E-state index contributed by atoms with van der Waals surface area (Å²) < 4.78 is 11.4. The van der Waals surface area contributed by atoms with E-state index in [1.54, 1.807) is 6.92 Å². The molecular formula is C13H14N2O7. The number of nitrogens with zero attached hydrogens (tertiary/aromatic N) is 2. The molecule has 0 aromatic carbocycles. The lowest BCUT2D eigenvalue weighted by Gasteiger charge is -2.17. The third-order valence-electron chi connectivity index (χ3n) is 3.57. The highest BCUT2D eigenvalue weighted by Crippen LogP contribution is 2.28. The molecule has 9 heteroatoms. The maximum atomic E-state index is 12.0. The minimum atomic E-state index is -1.44. The van der Waals surface area contributed by atoms with Gasteiger partial charge in [0.1, 0.15) is 29.5 Å².